The molecule has 3 heterocycles. The van der Waals surface area contributed by atoms with Crippen molar-refractivity contribution in [2.45, 2.75) is 19.4 Å². The van der Waals surface area contributed by atoms with E-state index >= 15 is 0 Å². The lowest BCUT2D eigenvalue weighted by Gasteiger charge is -2.22. The number of nitrogens with zero attached hydrogens (tertiary/aromatic N) is 5. The van der Waals surface area contributed by atoms with Crippen LogP contribution in [0.2, 0.25) is 10.0 Å². The van der Waals surface area contributed by atoms with Crippen LogP contribution in [0.3, 0.4) is 0 Å². The fourth-order valence-corrected chi connectivity index (χ4v) is 3.22. The summed E-state index contributed by atoms with van der Waals surface area (Å²) in [5, 5.41) is 4.99. The van der Waals surface area contributed by atoms with Gasteiger partial charge < -0.3 is 15.6 Å². The first-order valence-corrected chi connectivity index (χ1v) is 9.79. The van der Waals surface area contributed by atoms with Gasteiger partial charge in [-0.05, 0) is 31.0 Å². The van der Waals surface area contributed by atoms with Crippen LogP contribution in [0.5, 0.6) is 0 Å². The Morgan fingerprint density at radius 1 is 1.37 bits per heavy atom. The summed E-state index contributed by atoms with van der Waals surface area (Å²) in [7, 11) is 1.71. The maximum atomic E-state index is 12.8. The molecule has 30 heavy (non-hydrogen) atoms. The van der Waals surface area contributed by atoms with Crippen molar-refractivity contribution in [3.63, 3.8) is 0 Å². The number of aromatic amines is 1. The molecule has 4 aromatic rings. The SMILES string of the molecule is C[C@@H](CC#Cc1cnc2c(N)ccnn12)N(C)C(=O)c1nc2cc(Cl)c(Cl)cc2[nH]1. The van der Waals surface area contributed by atoms with Crippen LogP contribution in [0.15, 0.2) is 30.6 Å². The van der Waals surface area contributed by atoms with E-state index < -0.39 is 0 Å². The Labute approximate surface area is 182 Å². The van der Waals surface area contributed by atoms with Gasteiger partial charge in [0.1, 0.15) is 5.69 Å². The Kier molecular flexibility index (Phi) is 5.24. The molecule has 10 heteroatoms. The number of hydrogen-bond donors (Lipinski definition) is 2. The number of aromatic nitrogens is 5. The molecule has 8 nitrogen and oxygen atoms in total. The van der Waals surface area contributed by atoms with Gasteiger partial charge in [0.2, 0.25) is 0 Å². The molecule has 0 aliphatic heterocycles. The monoisotopic (exact) mass is 441 g/mol. The van der Waals surface area contributed by atoms with Crippen molar-refractivity contribution in [1.82, 2.24) is 29.5 Å². The lowest BCUT2D eigenvalue weighted by molar-refractivity contribution is 0.0735. The van der Waals surface area contributed by atoms with Gasteiger partial charge in [0.15, 0.2) is 11.5 Å². The molecule has 0 bridgehead atoms. The van der Waals surface area contributed by atoms with Crippen molar-refractivity contribution < 1.29 is 4.79 Å². The molecule has 3 N–H and O–H groups in total. The summed E-state index contributed by atoms with van der Waals surface area (Å²) in [6.45, 7) is 1.91. The van der Waals surface area contributed by atoms with Crippen molar-refractivity contribution in [3.8, 4) is 11.8 Å². The summed E-state index contributed by atoms with van der Waals surface area (Å²) in [4.78, 5) is 25.9. The number of rotatable bonds is 3. The largest absolute Gasteiger partial charge is 0.396 e. The normalized spacial score (nSPS) is 12.0. The molecule has 0 aliphatic carbocycles. The zero-order valence-corrected chi connectivity index (χ0v) is 17.7. The number of imidazole rings is 2. The molecular formula is C20H17Cl2N7O. The smallest absolute Gasteiger partial charge is 0.289 e. The number of benzene rings is 1. The van der Waals surface area contributed by atoms with Crippen LogP contribution in [0.25, 0.3) is 16.7 Å². The number of anilines is 1. The standard InChI is InChI=1S/C20H17Cl2N7O/c1-11(4-3-5-12-10-24-19-15(23)6-7-25-29(12)19)28(2)20(30)18-26-16-8-13(21)14(22)9-17(16)27-18/h6-11H,4,23H2,1-2H3,(H,26,27)/t11-/m0/s1. The van der Waals surface area contributed by atoms with E-state index in [9.17, 15) is 4.79 Å². The minimum atomic E-state index is -0.253. The molecule has 152 valence electrons. The van der Waals surface area contributed by atoms with E-state index in [0.717, 1.165) is 0 Å². The van der Waals surface area contributed by atoms with Crippen LogP contribution in [0, 0.1) is 11.8 Å². The van der Waals surface area contributed by atoms with E-state index in [1.54, 1.807) is 47.1 Å². The van der Waals surface area contributed by atoms with E-state index in [-0.39, 0.29) is 17.8 Å². The second-order valence-electron chi connectivity index (χ2n) is 6.81. The molecule has 0 unspecified atom stereocenters. The number of H-pyrrole nitrogens is 1. The van der Waals surface area contributed by atoms with E-state index in [4.69, 9.17) is 28.9 Å². The number of halogens is 2. The van der Waals surface area contributed by atoms with Crippen LogP contribution < -0.4 is 5.73 Å². The maximum Gasteiger partial charge on any atom is 0.289 e. The van der Waals surface area contributed by atoms with Gasteiger partial charge in [-0.15, -0.1) is 0 Å². The van der Waals surface area contributed by atoms with Crippen molar-refractivity contribution in [3.05, 3.63) is 52.2 Å². The van der Waals surface area contributed by atoms with Gasteiger partial charge in [-0.2, -0.15) is 5.10 Å². The van der Waals surface area contributed by atoms with Crippen LogP contribution in [0.4, 0.5) is 5.69 Å². The minimum absolute atomic E-state index is 0.150. The number of carbonyl (C=O) groups excluding carboxylic acids is 1. The van der Waals surface area contributed by atoms with Crippen LogP contribution in [0.1, 0.15) is 29.7 Å². The lowest BCUT2D eigenvalue weighted by Crippen LogP contribution is -2.35. The molecule has 0 aliphatic rings. The summed E-state index contributed by atoms with van der Waals surface area (Å²) < 4.78 is 1.59. The molecule has 0 saturated heterocycles. The van der Waals surface area contributed by atoms with Gasteiger partial charge >= 0.3 is 0 Å². The van der Waals surface area contributed by atoms with Gasteiger partial charge in [-0.1, -0.05) is 29.1 Å². The highest BCUT2D eigenvalue weighted by Crippen LogP contribution is 2.26. The third-order valence-corrected chi connectivity index (χ3v) is 5.48. The van der Waals surface area contributed by atoms with E-state index in [1.165, 1.54) is 0 Å². The first kappa shape index (κ1) is 20.0. The highest BCUT2D eigenvalue weighted by molar-refractivity contribution is 6.42. The summed E-state index contributed by atoms with van der Waals surface area (Å²) in [5.74, 6) is 6.07. The van der Waals surface area contributed by atoms with Gasteiger partial charge in [-0.3, -0.25) is 4.79 Å². The third-order valence-electron chi connectivity index (χ3n) is 4.75. The average molecular weight is 442 g/mol. The molecular weight excluding hydrogens is 425 g/mol. The minimum Gasteiger partial charge on any atom is -0.396 e. The Balaban J connectivity index is 1.48. The molecule has 1 amide bonds. The van der Waals surface area contributed by atoms with E-state index in [2.05, 4.69) is 31.9 Å². The first-order chi connectivity index (χ1) is 14.3. The molecule has 0 saturated carbocycles. The summed E-state index contributed by atoms with van der Waals surface area (Å²) in [5.41, 5.74) is 8.83. The van der Waals surface area contributed by atoms with E-state index in [1.807, 2.05) is 6.92 Å². The van der Waals surface area contributed by atoms with Crippen molar-refractivity contribution in [1.29, 1.82) is 0 Å². The average Bonchev–Trinajstić information content (AvgIpc) is 3.32. The highest BCUT2D eigenvalue weighted by atomic mass is 35.5. The number of fused-ring (bicyclic) bond motifs is 2. The number of nitrogens with two attached hydrogens (primary N) is 1. The lowest BCUT2D eigenvalue weighted by atomic mass is 10.2. The second-order valence-corrected chi connectivity index (χ2v) is 7.62. The number of amides is 1. The predicted molar refractivity (Wildman–Crippen MR) is 117 cm³/mol. The number of nitrogen functional groups attached to an aromatic ring is 1. The summed E-state index contributed by atoms with van der Waals surface area (Å²) in [6, 6.07) is 4.80. The van der Waals surface area contributed by atoms with Crippen LogP contribution in [-0.4, -0.2) is 48.5 Å². The molecule has 1 atom stereocenters. The maximum absolute atomic E-state index is 12.8. The zero-order chi connectivity index (χ0) is 21.4. The van der Waals surface area contributed by atoms with Crippen molar-refractivity contribution >= 4 is 51.5 Å². The van der Waals surface area contributed by atoms with Gasteiger partial charge in [0.25, 0.3) is 5.91 Å². The first-order valence-electron chi connectivity index (χ1n) is 9.04. The molecule has 0 radical (unpaired) electrons. The molecule has 0 spiro atoms. The van der Waals surface area contributed by atoms with Crippen molar-refractivity contribution in [2.24, 2.45) is 0 Å². The van der Waals surface area contributed by atoms with E-state index in [0.29, 0.717) is 44.5 Å². The van der Waals surface area contributed by atoms with Gasteiger partial charge in [0.05, 0.1) is 39.2 Å². The van der Waals surface area contributed by atoms with Crippen LogP contribution >= 0.6 is 23.2 Å². The number of carbonyl (C=O) groups is 1. The Morgan fingerprint density at radius 2 is 2.13 bits per heavy atom. The fraction of sp³-hybridized carbons (Fsp3) is 0.200. The topological polar surface area (TPSA) is 105 Å². The van der Waals surface area contributed by atoms with Gasteiger partial charge in [0, 0.05) is 19.5 Å². The molecule has 0 fully saturated rings. The number of hydrogen-bond acceptors (Lipinski definition) is 5. The molecule has 4 rings (SSSR count). The summed E-state index contributed by atoms with van der Waals surface area (Å²) >= 11 is 12.0. The Morgan fingerprint density at radius 3 is 2.93 bits per heavy atom. The third kappa shape index (κ3) is 3.65. The Bertz CT molecular complexity index is 1290. The predicted octanol–water partition coefficient (Wildman–Crippen LogP) is 3.40. The second kappa shape index (κ2) is 7.86. The Hall–Kier alpha value is -3.28. The zero-order valence-electron chi connectivity index (χ0n) is 16.1. The van der Waals surface area contributed by atoms with Crippen molar-refractivity contribution in [2.75, 3.05) is 12.8 Å². The van der Waals surface area contributed by atoms with Gasteiger partial charge in [-0.25, -0.2) is 14.5 Å². The fourth-order valence-electron chi connectivity index (χ4n) is 2.90. The molecule has 1 aromatic carbocycles. The molecule has 3 aromatic heterocycles. The summed E-state index contributed by atoms with van der Waals surface area (Å²) in [6.07, 6.45) is 3.67. The highest BCUT2D eigenvalue weighted by Gasteiger charge is 2.20. The van der Waals surface area contributed by atoms with Crippen LogP contribution in [-0.2, 0) is 0 Å². The number of nitrogens with one attached hydrogen (secondary N) is 1. The quantitative estimate of drug-likeness (QED) is 0.474.